The lowest BCUT2D eigenvalue weighted by Gasteiger charge is -2.12. The first-order chi connectivity index (χ1) is 10.0. The molecule has 108 valence electrons. The van der Waals surface area contributed by atoms with Crippen LogP contribution in [-0.4, -0.2) is 12.9 Å². The molecule has 0 unspecified atom stereocenters. The highest BCUT2D eigenvalue weighted by atomic mass is 35.5. The van der Waals surface area contributed by atoms with Gasteiger partial charge in [0.2, 0.25) is 0 Å². The molecule has 2 aromatic carbocycles. The van der Waals surface area contributed by atoms with Crippen molar-refractivity contribution in [3.8, 4) is 5.75 Å². The van der Waals surface area contributed by atoms with Crippen molar-refractivity contribution in [2.45, 2.75) is 18.8 Å². The van der Waals surface area contributed by atoms with Gasteiger partial charge >= 0.3 is 0 Å². The van der Waals surface area contributed by atoms with Crippen LogP contribution in [0.5, 0.6) is 5.75 Å². The summed E-state index contributed by atoms with van der Waals surface area (Å²) in [5.41, 5.74) is 1.86. The summed E-state index contributed by atoms with van der Waals surface area (Å²) in [7, 11) is 1.65. The number of halogens is 1. The number of ketones is 1. The lowest BCUT2D eigenvalue weighted by Crippen LogP contribution is -2.12. The van der Waals surface area contributed by atoms with Crippen molar-refractivity contribution in [1.82, 2.24) is 0 Å². The highest BCUT2D eigenvalue weighted by Gasteiger charge is 2.55. The van der Waals surface area contributed by atoms with E-state index in [4.69, 9.17) is 16.3 Å². The van der Waals surface area contributed by atoms with Crippen LogP contribution in [0.1, 0.15) is 29.3 Å². The molecule has 0 spiro atoms. The topological polar surface area (TPSA) is 26.3 Å². The zero-order valence-corrected chi connectivity index (χ0v) is 12.9. The first-order valence-corrected chi connectivity index (χ1v) is 7.37. The Kier molecular flexibility index (Phi) is 3.50. The highest BCUT2D eigenvalue weighted by Crippen LogP contribution is 2.55. The van der Waals surface area contributed by atoms with Crippen LogP contribution in [0.4, 0.5) is 0 Å². The van der Waals surface area contributed by atoms with E-state index in [1.165, 1.54) is 5.56 Å². The molecule has 0 saturated heterocycles. The van der Waals surface area contributed by atoms with Crippen LogP contribution in [-0.2, 0) is 5.41 Å². The van der Waals surface area contributed by atoms with E-state index >= 15 is 0 Å². The van der Waals surface area contributed by atoms with E-state index in [9.17, 15) is 4.79 Å². The maximum atomic E-state index is 12.6. The second kappa shape index (κ2) is 5.19. The molecule has 3 rings (SSSR count). The number of Topliss-reactive ketones (excluding diaryl/α,β-unsaturated/α-hetero) is 1. The van der Waals surface area contributed by atoms with Gasteiger partial charge in [0.1, 0.15) is 5.75 Å². The number of rotatable bonds is 4. The molecule has 0 heterocycles. The second-order valence-corrected chi connectivity index (χ2v) is 6.21. The van der Waals surface area contributed by atoms with Crippen LogP contribution in [0.3, 0.4) is 0 Å². The predicted molar refractivity (Wildman–Crippen MR) is 84.2 cm³/mol. The Labute approximate surface area is 129 Å². The molecule has 0 aliphatic heterocycles. The van der Waals surface area contributed by atoms with Crippen LogP contribution in [0.25, 0.3) is 0 Å². The van der Waals surface area contributed by atoms with Gasteiger partial charge < -0.3 is 4.74 Å². The van der Waals surface area contributed by atoms with E-state index in [2.05, 4.69) is 6.92 Å². The first kappa shape index (κ1) is 14.2. The molecule has 0 amide bonds. The number of benzene rings is 2. The van der Waals surface area contributed by atoms with Crippen LogP contribution in [0, 0.1) is 5.92 Å². The average molecular weight is 301 g/mol. The molecular weight excluding hydrogens is 284 g/mol. The standard InChI is InChI=1S/C18H17ClO2/c1-18(13-5-9-15(21-2)10-6-13)11-16(18)17(20)12-3-7-14(19)8-4-12/h3-10,16H,11H2,1-2H3/t16-,18-/m1/s1. The smallest absolute Gasteiger partial charge is 0.166 e. The summed E-state index contributed by atoms with van der Waals surface area (Å²) in [6.45, 7) is 2.15. The van der Waals surface area contributed by atoms with Crippen molar-refractivity contribution in [3.63, 3.8) is 0 Å². The first-order valence-electron chi connectivity index (χ1n) is 6.99. The summed E-state index contributed by atoms with van der Waals surface area (Å²) in [4.78, 5) is 12.6. The van der Waals surface area contributed by atoms with Gasteiger partial charge in [0, 0.05) is 21.9 Å². The zero-order valence-electron chi connectivity index (χ0n) is 12.1. The van der Waals surface area contributed by atoms with E-state index in [1.807, 2.05) is 24.3 Å². The molecule has 1 fully saturated rings. The highest BCUT2D eigenvalue weighted by molar-refractivity contribution is 6.30. The second-order valence-electron chi connectivity index (χ2n) is 5.77. The van der Waals surface area contributed by atoms with Crippen molar-refractivity contribution in [3.05, 3.63) is 64.7 Å². The number of methoxy groups -OCH3 is 1. The van der Waals surface area contributed by atoms with Gasteiger partial charge in [-0.25, -0.2) is 0 Å². The van der Waals surface area contributed by atoms with Gasteiger partial charge in [-0.3, -0.25) is 4.79 Å². The lowest BCUT2D eigenvalue weighted by atomic mass is 9.92. The zero-order chi connectivity index (χ0) is 15.0. The maximum absolute atomic E-state index is 12.6. The van der Waals surface area contributed by atoms with E-state index in [0.717, 1.165) is 17.7 Å². The van der Waals surface area contributed by atoms with Crippen LogP contribution < -0.4 is 4.74 Å². The molecule has 21 heavy (non-hydrogen) atoms. The van der Waals surface area contributed by atoms with Crippen molar-refractivity contribution in [2.75, 3.05) is 7.11 Å². The van der Waals surface area contributed by atoms with E-state index in [-0.39, 0.29) is 17.1 Å². The fourth-order valence-corrected chi connectivity index (χ4v) is 2.98. The monoisotopic (exact) mass is 300 g/mol. The third kappa shape index (κ3) is 2.56. The molecule has 0 N–H and O–H groups in total. The van der Waals surface area contributed by atoms with Gasteiger partial charge in [-0.05, 0) is 48.4 Å². The van der Waals surface area contributed by atoms with Gasteiger partial charge in [0.25, 0.3) is 0 Å². The molecule has 2 aromatic rings. The summed E-state index contributed by atoms with van der Waals surface area (Å²) in [5.74, 6) is 1.08. The quantitative estimate of drug-likeness (QED) is 0.777. The summed E-state index contributed by atoms with van der Waals surface area (Å²) in [6.07, 6.45) is 0.890. The number of ether oxygens (including phenoxy) is 1. The van der Waals surface area contributed by atoms with Crippen molar-refractivity contribution in [2.24, 2.45) is 5.92 Å². The van der Waals surface area contributed by atoms with E-state index in [1.54, 1.807) is 31.4 Å². The van der Waals surface area contributed by atoms with E-state index in [0.29, 0.717) is 5.02 Å². The van der Waals surface area contributed by atoms with Gasteiger partial charge in [-0.15, -0.1) is 0 Å². The van der Waals surface area contributed by atoms with Crippen molar-refractivity contribution < 1.29 is 9.53 Å². The Morgan fingerprint density at radius 3 is 2.33 bits per heavy atom. The van der Waals surface area contributed by atoms with Gasteiger partial charge in [0.15, 0.2) is 5.78 Å². The van der Waals surface area contributed by atoms with Crippen LogP contribution in [0.15, 0.2) is 48.5 Å². The largest absolute Gasteiger partial charge is 0.497 e. The molecule has 0 aromatic heterocycles. The fraction of sp³-hybridized carbons (Fsp3) is 0.278. The SMILES string of the molecule is COc1ccc([C@@]2(C)C[C@@H]2C(=O)c2ccc(Cl)cc2)cc1. The van der Waals surface area contributed by atoms with Crippen molar-refractivity contribution in [1.29, 1.82) is 0 Å². The number of carbonyl (C=O) groups excluding carboxylic acids is 1. The Bertz CT molecular complexity index is 661. The molecule has 0 bridgehead atoms. The minimum absolute atomic E-state index is 0.0482. The molecule has 1 aliphatic rings. The third-order valence-electron chi connectivity index (χ3n) is 4.43. The Morgan fingerprint density at radius 1 is 1.14 bits per heavy atom. The van der Waals surface area contributed by atoms with E-state index < -0.39 is 0 Å². The Balaban J connectivity index is 1.79. The molecule has 0 radical (unpaired) electrons. The van der Waals surface area contributed by atoms with Gasteiger partial charge in [0.05, 0.1) is 7.11 Å². The fourth-order valence-electron chi connectivity index (χ4n) is 2.85. The summed E-state index contributed by atoms with van der Waals surface area (Å²) in [6, 6.07) is 15.1. The molecule has 3 heteroatoms. The van der Waals surface area contributed by atoms with Gasteiger partial charge in [-0.2, -0.15) is 0 Å². The maximum Gasteiger partial charge on any atom is 0.166 e. The summed E-state index contributed by atoms with van der Waals surface area (Å²) >= 11 is 5.87. The lowest BCUT2D eigenvalue weighted by molar-refractivity contribution is 0.0959. The summed E-state index contributed by atoms with van der Waals surface area (Å²) < 4.78 is 5.18. The summed E-state index contributed by atoms with van der Waals surface area (Å²) in [5, 5.41) is 0.653. The predicted octanol–water partition coefficient (Wildman–Crippen LogP) is 4.51. The Morgan fingerprint density at radius 2 is 1.76 bits per heavy atom. The molecule has 1 saturated carbocycles. The number of carbonyl (C=O) groups is 1. The van der Waals surface area contributed by atoms with Crippen molar-refractivity contribution >= 4 is 17.4 Å². The minimum Gasteiger partial charge on any atom is -0.497 e. The van der Waals surface area contributed by atoms with Crippen LogP contribution >= 0.6 is 11.6 Å². The molecule has 2 atom stereocenters. The minimum atomic E-state index is -0.0665. The average Bonchev–Trinajstić information content (AvgIpc) is 3.21. The molecule has 2 nitrogen and oxygen atoms in total. The van der Waals surface area contributed by atoms with Gasteiger partial charge in [-0.1, -0.05) is 30.7 Å². The Hall–Kier alpha value is -1.80. The third-order valence-corrected chi connectivity index (χ3v) is 4.68. The normalized spacial score (nSPS) is 23.7. The molecule has 1 aliphatic carbocycles. The van der Waals surface area contributed by atoms with Crippen LogP contribution in [0.2, 0.25) is 5.02 Å². The number of hydrogen-bond donors (Lipinski definition) is 0. The molecular formula is C18H17ClO2. The number of hydrogen-bond acceptors (Lipinski definition) is 2.